The molecule has 0 aliphatic carbocycles. The summed E-state index contributed by atoms with van der Waals surface area (Å²) in [6.07, 6.45) is -2.34. The fourth-order valence-electron chi connectivity index (χ4n) is 1.30. The van der Waals surface area contributed by atoms with Gasteiger partial charge in [0.2, 0.25) is 5.88 Å². The van der Waals surface area contributed by atoms with Crippen LogP contribution >= 0.6 is 0 Å². The lowest BCUT2D eigenvalue weighted by molar-refractivity contribution is -0.148. The van der Waals surface area contributed by atoms with Crippen LogP contribution in [0, 0.1) is 6.92 Å². The molecule has 1 aromatic heterocycles. The molecular weight excluding hydrogens is 266 g/mol. The molecule has 0 atom stereocenters. The van der Waals surface area contributed by atoms with Gasteiger partial charge in [-0.25, -0.2) is 13.8 Å². The van der Waals surface area contributed by atoms with E-state index in [-0.39, 0.29) is 18.1 Å². The third kappa shape index (κ3) is 3.90. The predicted molar refractivity (Wildman–Crippen MR) is 60.0 cm³/mol. The maximum absolute atomic E-state index is 12.7. The van der Waals surface area contributed by atoms with E-state index in [4.69, 9.17) is 0 Å². The third-order valence-corrected chi connectivity index (χ3v) is 2.39. The van der Waals surface area contributed by atoms with Crippen molar-refractivity contribution < 1.29 is 27.1 Å². The van der Waals surface area contributed by atoms with Crippen LogP contribution in [0.1, 0.15) is 29.3 Å². The van der Waals surface area contributed by atoms with Gasteiger partial charge in [0.15, 0.2) is 12.4 Å². The minimum Gasteiger partial charge on any atom is -0.471 e. The van der Waals surface area contributed by atoms with E-state index in [0.29, 0.717) is 11.1 Å². The molecule has 0 spiro atoms. The Morgan fingerprint density at radius 1 is 1.47 bits per heavy atom. The van der Waals surface area contributed by atoms with Gasteiger partial charge in [0.25, 0.3) is 0 Å². The summed E-state index contributed by atoms with van der Waals surface area (Å²) in [6, 6.07) is 1.43. The molecule has 0 unspecified atom stereocenters. The number of halogens is 4. The van der Waals surface area contributed by atoms with Crippen LogP contribution < -0.4 is 4.74 Å². The zero-order chi connectivity index (χ0) is 14.6. The fourth-order valence-corrected chi connectivity index (χ4v) is 1.30. The van der Waals surface area contributed by atoms with Crippen molar-refractivity contribution in [2.24, 2.45) is 0 Å². The molecule has 1 aromatic rings. The Morgan fingerprint density at radius 2 is 2.11 bits per heavy atom. The fraction of sp³-hybridized carbons (Fsp3) is 0.500. The van der Waals surface area contributed by atoms with Crippen molar-refractivity contribution in [2.45, 2.75) is 32.6 Å². The number of nitrogens with zero attached hydrogens (tertiary/aromatic N) is 1. The molecule has 0 saturated heterocycles. The summed E-state index contributed by atoms with van der Waals surface area (Å²) in [6.45, 7) is 1.71. The highest BCUT2D eigenvalue weighted by Crippen LogP contribution is 2.25. The Kier molecular flexibility index (Phi) is 4.85. The molecule has 0 fully saturated rings. The lowest BCUT2D eigenvalue weighted by Crippen LogP contribution is -2.34. The van der Waals surface area contributed by atoms with Gasteiger partial charge in [-0.15, -0.1) is 0 Å². The van der Waals surface area contributed by atoms with Crippen LogP contribution in [0.4, 0.5) is 17.6 Å². The molecular formula is C12H13F4NO2. The van der Waals surface area contributed by atoms with Gasteiger partial charge < -0.3 is 4.74 Å². The Labute approximate surface area is 107 Å². The zero-order valence-corrected chi connectivity index (χ0v) is 10.4. The minimum atomic E-state index is -4.23. The van der Waals surface area contributed by atoms with Crippen LogP contribution in [-0.2, 0) is 0 Å². The largest absolute Gasteiger partial charge is 0.471 e. The molecule has 0 aliphatic rings. The average molecular weight is 279 g/mol. The molecule has 0 aromatic carbocycles. The number of hydrogen-bond donors (Lipinski definition) is 0. The minimum absolute atomic E-state index is 0.153. The van der Waals surface area contributed by atoms with E-state index in [1.54, 1.807) is 6.92 Å². The van der Waals surface area contributed by atoms with Gasteiger partial charge in [0.1, 0.15) is 0 Å². The van der Waals surface area contributed by atoms with Crippen molar-refractivity contribution in [3.05, 3.63) is 23.4 Å². The Morgan fingerprint density at radius 3 is 2.58 bits per heavy atom. The van der Waals surface area contributed by atoms with Crippen LogP contribution in [0.15, 0.2) is 12.3 Å². The normalized spacial score (nSPS) is 11.7. The van der Waals surface area contributed by atoms with Gasteiger partial charge in [-0.3, -0.25) is 4.79 Å². The Bertz CT molecular complexity index is 463. The van der Waals surface area contributed by atoms with Gasteiger partial charge in [-0.2, -0.15) is 8.78 Å². The number of carbonyl (C=O) groups is 1. The van der Waals surface area contributed by atoms with Crippen LogP contribution in [-0.4, -0.2) is 29.7 Å². The first-order valence-electron chi connectivity index (χ1n) is 5.56. The maximum Gasteiger partial charge on any atom is 0.340 e. The number of aryl methyl sites for hydroxylation is 1. The van der Waals surface area contributed by atoms with Crippen molar-refractivity contribution in [3.63, 3.8) is 0 Å². The van der Waals surface area contributed by atoms with E-state index < -0.39 is 19.0 Å². The summed E-state index contributed by atoms with van der Waals surface area (Å²) in [5.41, 5.74) is 0.664. The summed E-state index contributed by atoms with van der Waals surface area (Å²) < 4.78 is 53.8. The van der Waals surface area contributed by atoms with Crippen molar-refractivity contribution >= 4 is 5.78 Å². The first kappa shape index (κ1) is 15.4. The maximum atomic E-state index is 12.7. The van der Waals surface area contributed by atoms with Crippen LogP contribution in [0.25, 0.3) is 0 Å². The molecule has 0 amide bonds. The second-order valence-corrected chi connectivity index (χ2v) is 3.97. The van der Waals surface area contributed by atoms with Gasteiger partial charge in [0, 0.05) is 23.7 Å². The number of carbonyl (C=O) groups excluding carboxylic acids is 1. The monoisotopic (exact) mass is 279 g/mol. The highest BCUT2D eigenvalue weighted by Gasteiger charge is 2.41. The second-order valence-electron chi connectivity index (χ2n) is 3.97. The topological polar surface area (TPSA) is 39.2 Å². The van der Waals surface area contributed by atoms with Crippen molar-refractivity contribution in [3.8, 4) is 5.88 Å². The van der Waals surface area contributed by atoms with E-state index in [1.165, 1.54) is 19.2 Å². The number of alkyl halides is 4. The van der Waals surface area contributed by atoms with Crippen molar-refractivity contribution in [1.29, 1.82) is 0 Å². The first-order valence-corrected chi connectivity index (χ1v) is 5.56. The van der Waals surface area contributed by atoms with Crippen LogP contribution in [0.2, 0.25) is 0 Å². The van der Waals surface area contributed by atoms with Crippen LogP contribution in [0.5, 0.6) is 5.88 Å². The van der Waals surface area contributed by atoms with Crippen molar-refractivity contribution in [2.75, 3.05) is 6.61 Å². The number of pyridine rings is 1. The summed E-state index contributed by atoms with van der Waals surface area (Å²) in [4.78, 5) is 15.1. The molecule has 0 saturated carbocycles. The smallest absolute Gasteiger partial charge is 0.340 e. The number of Topliss-reactive ketones (excluding diaryl/α,β-unsaturated/α-hetero) is 1. The SMILES string of the molecule is CCC(=O)c1cnc(OCC(F)(F)C(F)F)c(C)c1. The Balaban J connectivity index is 2.79. The quantitative estimate of drug-likeness (QED) is 0.592. The number of rotatable bonds is 6. The Hall–Kier alpha value is -1.66. The van der Waals surface area contributed by atoms with Gasteiger partial charge in [-0.1, -0.05) is 6.92 Å². The lowest BCUT2D eigenvalue weighted by atomic mass is 10.1. The van der Waals surface area contributed by atoms with Crippen molar-refractivity contribution in [1.82, 2.24) is 4.98 Å². The highest BCUT2D eigenvalue weighted by atomic mass is 19.3. The van der Waals surface area contributed by atoms with E-state index in [0.717, 1.165) is 0 Å². The lowest BCUT2D eigenvalue weighted by Gasteiger charge is -2.16. The number of aromatic nitrogens is 1. The molecule has 0 bridgehead atoms. The summed E-state index contributed by atoms with van der Waals surface area (Å²) in [5.74, 6) is -4.57. The standard InChI is InChI=1S/C12H13F4NO2/c1-3-9(18)8-4-7(2)10(17-5-8)19-6-12(15,16)11(13)14/h4-5,11H,3,6H2,1-2H3. The number of hydrogen-bond acceptors (Lipinski definition) is 3. The third-order valence-electron chi connectivity index (χ3n) is 2.39. The molecule has 19 heavy (non-hydrogen) atoms. The second kappa shape index (κ2) is 5.99. The summed E-state index contributed by atoms with van der Waals surface area (Å²) in [5, 5.41) is 0. The highest BCUT2D eigenvalue weighted by molar-refractivity contribution is 5.95. The molecule has 3 nitrogen and oxygen atoms in total. The number of ketones is 1. The van der Waals surface area contributed by atoms with E-state index in [2.05, 4.69) is 9.72 Å². The van der Waals surface area contributed by atoms with Gasteiger partial charge in [-0.05, 0) is 13.0 Å². The van der Waals surface area contributed by atoms with Crippen LogP contribution in [0.3, 0.4) is 0 Å². The summed E-state index contributed by atoms with van der Waals surface area (Å²) in [7, 11) is 0. The van der Waals surface area contributed by atoms with E-state index >= 15 is 0 Å². The van der Waals surface area contributed by atoms with Gasteiger partial charge in [0.05, 0.1) is 0 Å². The molecule has 1 rings (SSSR count). The molecule has 0 N–H and O–H groups in total. The summed E-state index contributed by atoms with van der Waals surface area (Å²) >= 11 is 0. The molecule has 106 valence electrons. The van der Waals surface area contributed by atoms with Gasteiger partial charge >= 0.3 is 12.3 Å². The average Bonchev–Trinajstić information content (AvgIpc) is 2.36. The zero-order valence-electron chi connectivity index (χ0n) is 10.4. The molecule has 0 radical (unpaired) electrons. The molecule has 1 heterocycles. The molecule has 0 aliphatic heterocycles. The predicted octanol–water partition coefficient (Wildman–Crippen LogP) is 3.26. The number of ether oxygens (including phenoxy) is 1. The first-order chi connectivity index (χ1) is 8.77. The van der Waals surface area contributed by atoms with E-state index in [1.807, 2.05) is 0 Å². The van der Waals surface area contributed by atoms with E-state index in [9.17, 15) is 22.4 Å². The molecule has 7 heteroatoms.